The summed E-state index contributed by atoms with van der Waals surface area (Å²) in [6, 6.07) is 5.28. The molecule has 1 aliphatic rings. The first-order valence-corrected chi connectivity index (χ1v) is 9.65. The molecule has 0 bridgehead atoms. The lowest BCUT2D eigenvalue weighted by Crippen LogP contribution is -2.18. The second-order valence-corrected chi connectivity index (χ2v) is 7.32. The molecule has 0 aromatic carbocycles. The Kier molecular flexibility index (Phi) is 6.34. The summed E-state index contributed by atoms with van der Waals surface area (Å²) < 4.78 is 18.7. The number of carbonyl (C=O) groups excluding carboxylic acids is 2. The first-order chi connectivity index (χ1) is 12.9. The summed E-state index contributed by atoms with van der Waals surface area (Å²) in [4.78, 5) is 24.3. The van der Waals surface area contributed by atoms with Gasteiger partial charge in [-0.25, -0.2) is 4.79 Å². The highest BCUT2D eigenvalue weighted by atomic mass is 79.9. The summed E-state index contributed by atoms with van der Waals surface area (Å²) in [5.41, 5.74) is 2.46. The maximum absolute atomic E-state index is 12.5. The van der Waals surface area contributed by atoms with Crippen LogP contribution in [0, 0.1) is 13.8 Å². The minimum absolute atomic E-state index is 0.197. The van der Waals surface area contributed by atoms with Crippen LogP contribution in [0.2, 0.25) is 0 Å². The Morgan fingerprint density at radius 2 is 2.19 bits per heavy atom. The fourth-order valence-electron chi connectivity index (χ4n) is 3.19. The van der Waals surface area contributed by atoms with Crippen LogP contribution < -0.4 is 0 Å². The van der Waals surface area contributed by atoms with Gasteiger partial charge in [0.05, 0.1) is 6.10 Å². The van der Waals surface area contributed by atoms with Crippen LogP contribution in [0.1, 0.15) is 40.3 Å². The van der Waals surface area contributed by atoms with Crippen LogP contribution in [0.4, 0.5) is 0 Å². The summed E-state index contributed by atoms with van der Waals surface area (Å²) in [7, 11) is 0. The number of ether oxygens (including phenoxy) is 2. The van der Waals surface area contributed by atoms with E-state index >= 15 is 0 Å². The van der Waals surface area contributed by atoms with Crippen molar-refractivity contribution < 1.29 is 23.5 Å². The molecule has 0 saturated carbocycles. The summed E-state index contributed by atoms with van der Waals surface area (Å²) in [5.74, 6) is -0.295. The molecule has 6 nitrogen and oxygen atoms in total. The average Bonchev–Trinajstić information content (AvgIpc) is 3.36. The smallest absolute Gasteiger partial charge is 0.331 e. The maximum Gasteiger partial charge on any atom is 0.331 e. The minimum atomic E-state index is -0.593. The van der Waals surface area contributed by atoms with E-state index in [9.17, 15) is 9.59 Å². The fourth-order valence-corrected chi connectivity index (χ4v) is 3.51. The van der Waals surface area contributed by atoms with Gasteiger partial charge >= 0.3 is 5.97 Å². The number of carbonyl (C=O) groups is 2. The van der Waals surface area contributed by atoms with E-state index in [1.165, 1.54) is 12.2 Å². The average molecular weight is 436 g/mol. The van der Waals surface area contributed by atoms with Gasteiger partial charge < -0.3 is 18.5 Å². The van der Waals surface area contributed by atoms with E-state index in [0.29, 0.717) is 16.0 Å². The van der Waals surface area contributed by atoms with Crippen LogP contribution in [0.5, 0.6) is 0 Å². The first-order valence-electron chi connectivity index (χ1n) is 8.85. The van der Waals surface area contributed by atoms with Gasteiger partial charge in [0.25, 0.3) is 0 Å². The fraction of sp³-hybridized carbons (Fsp3) is 0.400. The van der Waals surface area contributed by atoms with Gasteiger partial charge in [-0.1, -0.05) is 0 Å². The quantitative estimate of drug-likeness (QED) is 0.372. The number of aromatic nitrogens is 1. The molecular formula is C20H22BrNO5. The van der Waals surface area contributed by atoms with E-state index in [1.54, 1.807) is 12.1 Å². The lowest BCUT2D eigenvalue weighted by atomic mass is 10.1. The molecule has 0 aliphatic carbocycles. The number of ketones is 1. The van der Waals surface area contributed by atoms with Crippen molar-refractivity contribution in [3.63, 3.8) is 0 Å². The van der Waals surface area contributed by atoms with Gasteiger partial charge in [-0.2, -0.15) is 0 Å². The summed E-state index contributed by atoms with van der Waals surface area (Å²) in [6.07, 6.45) is 5.04. The number of furan rings is 1. The third-order valence-corrected chi connectivity index (χ3v) is 5.03. The molecule has 0 amide bonds. The number of Topliss-reactive ketones (excluding diaryl/α,β-unsaturated/α-hetero) is 1. The van der Waals surface area contributed by atoms with Crippen molar-refractivity contribution in [2.45, 2.75) is 39.3 Å². The zero-order valence-electron chi connectivity index (χ0n) is 15.4. The van der Waals surface area contributed by atoms with Gasteiger partial charge in [-0.15, -0.1) is 0 Å². The maximum atomic E-state index is 12.5. The number of rotatable bonds is 7. The van der Waals surface area contributed by atoms with Crippen molar-refractivity contribution in [1.29, 1.82) is 0 Å². The van der Waals surface area contributed by atoms with Gasteiger partial charge in [-0.3, -0.25) is 4.79 Å². The van der Waals surface area contributed by atoms with Crippen LogP contribution in [-0.4, -0.2) is 35.6 Å². The molecule has 0 N–H and O–H groups in total. The number of halogens is 1. The number of hydrogen-bond donors (Lipinski definition) is 0. The number of hydrogen-bond acceptors (Lipinski definition) is 5. The van der Waals surface area contributed by atoms with Crippen molar-refractivity contribution in [3.8, 4) is 0 Å². The van der Waals surface area contributed by atoms with Gasteiger partial charge in [0.1, 0.15) is 5.76 Å². The molecule has 1 aliphatic heterocycles. The van der Waals surface area contributed by atoms with Crippen LogP contribution >= 0.6 is 15.9 Å². The number of esters is 1. The van der Waals surface area contributed by atoms with E-state index in [4.69, 9.17) is 13.9 Å². The highest BCUT2D eigenvalue weighted by Gasteiger charge is 2.21. The molecule has 3 heterocycles. The van der Waals surface area contributed by atoms with Crippen LogP contribution in [0.25, 0.3) is 6.08 Å². The Morgan fingerprint density at radius 1 is 1.37 bits per heavy atom. The van der Waals surface area contributed by atoms with Crippen molar-refractivity contribution in [1.82, 2.24) is 4.57 Å². The van der Waals surface area contributed by atoms with Crippen molar-refractivity contribution in [3.05, 3.63) is 51.7 Å². The van der Waals surface area contributed by atoms with Gasteiger partial charge in [-0.05, 0) is 66.9 Å². The number of aryl methyl sites for hydroxylation is 1. The molecular weight excluding hydrogens is 414 g/mol. The predicted molar refractivity (Wildman–Crippen MR) is 104 cm³/mol. The van der Waals surface area contributed by atoms with E-state index < -0.39 is 5.97 Å². The monoisotopic (exact) mass is 435 g/mol. The zero-order valence-corrected chi connectivity index (χ0v) is 17.0. The molecule has 2 aromatic rings. The Balaban J connectivity index is 1.57. The lowest BCUT2D eigenvalue weighted by Gasteiger charge is -2.14. The van der Waals surface area contributed by atoms with Crippen LogP contribution in [0.15, 0.2) is 33.4 Å². The Morgan fingerprint density at radius 3 is 2.85 bits per heavy atom. The zero-order chi connectivity index (χ0) is 19.4. The molecule has 0 radical (unpaired) electrons. The molecule has 2 aromatic heterocycles. The number of nitrogens with zero attached hydrogens (tertiary/aromatic N) is 1. The molecule has 0 spiro atoms. The normalized spacial score (nSPS) is 16.9. The molecule has 1 atom stereocenters. The highest BCUT2D eigenvalue weighted by molar-refractivity contribution is 9.10. The largest absolute Gasteiger partial charge is 0.454 e. The second-order valence-electron chi connectivity index (χ2n) is 6.54. The first kappa shape index (κ1) is 19.6. The van der Waals surface area contributed by atoms with Gasteiger partial charge in [0.15, 0.2) is 11.3 Å². The summed E-state index contributed by atoms with van der Waals surface area (Å²) >= 11 is 3.19. The molecule has 0 unspecified atom stereocenters. The van der Waals surface area contributed by atoms with E-state index in [1.807, 2.05) is 19.9 Å². The third-order valence-electron chi connectivity index (χ3n) is 4.61. The molecule has 27 heavy (non-hydrogen) atoms. The lowest BCUT2D eigenvalue weighted by molar-refractivity contribution is -0.136. The Bertz CT molecular complexity index is 858. The van der Waals surface area contributed by atoms with E-state index in [-0.39, 0.29) is 18.5 Å². The topological polar surface area (TPSA) is 70.7 Å². The third kappa shape index (κ3) is 4.99. The van der Waals surface area contributed by atoms with Gasteiger partial charge in [0, 0.05) is 36.2 Å². The van der Waals surface area contributed by atoms with Crippen molar-refractivity contribution in [2.24, 2.45) is 0 Å². The standard InChI is InChI=1S/C20H22BrNO5/c1-13-10-17(14(2)22(13)11-16-4-3-9-25-16)18(23)12-26-20(24)8-6-15-5-7-19(21)27-15/h5-8,10,16H,3-4,9,11-12H2,1-2H3/b8-6+/t16-/m1/s1. The Labute approximate surface area is 166 Å². The second kappa shape index (κ2) is 8.71. The SMILES string of the molecule is Cc1cc(C(=O)COC(=O)/C=C/c2ccc(Br)o2)c(C)n1C[C@H]1CCCO1. The Hall–Kier alpha value is -2.12. The van der Waals surface area contributed by atoms with Crippen LogP contribution in [0.3, 0.4) is 0 Å². The minimum Gasteiger partial charge on any atom is -0.454 e. The summed E-state index contributed by atoms with van der Waals surface area (Å²) in [6.45, 7) is 5.12. The highest BCUT2D eigenvalue weighted by Crippen LogP contribution is 2.21. The molecule has 3 rings (SSSR count). The van der Waals surface area contributed by atoms with E-state index in [2.05, 4.69) is 20.5 Å². The summed E-state index contributed by atoms with van der Waals surface area (Å²) in [5, 5.41) is 0. The predicted octanol–water partition coefficient (Wildman–Crippen LogP) is 4.08. The van der Waals surface area contributed by atoms with Crippen molar-refractivity contribution in [2.75, 3.05) is 13.2 Å². The van der Waals surface area contributed by atoms with E-state index in [0.717, 1.165) is 37.4 Å². The molecule has 1 fully saturated rings. The molecule has 7 heteroatoms. The van der Waals surface area contributed by atoms with Crippen molar-refractivity contribution >= 4 is 33.8 Å². The molecule has 144 valence electrons. The van der Waals surface area contributed by atoms with Crippen LogP contribution in [-0.2, 0) is 20.8 Å². The molecule has 1 saturated heterocycles. The van der Waals surface area contributed by atoms with Gasteiger partial charge in [0.2, 0.25) is 5.78 Å².